The van der Waals surface area contributed by atoms with Crippen LogP contribution in [0.5, 0.6) is 0 Å². The molecule has 120 valence electrons. The van der Waals surface area contributed by atoms with E-state index in [1.807, 2.05) is 77.5 Å². The van der Waals surface area contributed by atoms with Crippen LogP contribution in [0.25, 0.3) is 0 Å². The zero-order valence-corrected chi connectivity index (χ0v) is 15.0. The molecule has 22 heavy (non-hydrogen) atoms. The average Bonchev–Trinajstić information content (AvgIpc) is 3.12. The number of rotatable bonds is 4. The smallest absolute Gasteiger partial charge is 0.374 e. The van der Waals surface area contributed by atoms with E-state index in [1.54, 1.807) is 13.5 Å². The quantitative estimate of drug-likeness (QED) is 0.735. The summed E-state index contributed by atoms with van der Waals surface area (Å²) in [5.74, 6) is 0.678. The number of hydrogen-bond donors (Lipinski definition) is 0. The second-order valence-electron chi connectivity index (χ2n) is 5.37. The Morgan fingerprint density at radius 2 is 1.36 bits per heavy atom. The van der Waals surface area contributed by atoms with Crippen molar-refractivity contribution in [3.63, 3.8) is 0 Å². The molecule has 0 aromatic carbocycles. The monoisotopic (exact) mass is 343 g/mol. The SMILES string of the molecule is CO[C]1[CH][CH][CH][C]1C(=O)N(C(C)C)C(C)C.[CH]1[CH][CH][CH][CH]1.[Fe+2]. The minimum absolute atomic E-state index is 0. The van der Waals surface area contributed by atoms with Crippen molar-refractivity contribution in [3.8, 4) is 0 Å². The fourth-order valence-corrected chi connectivity index (χ4v) is 2.28. The predicted molar refractivity (Wildman–Crippen MR) is 85.0 cm³/mol. The van der Waals surface area contributed by atoms with Crippen LogP contribution in [0.15, 0.2) is 0 Å². The summed E-state index contributed by atoms with van der Waals surface area (Å²) in [7, 11) is 1.58. The van der Waals surface area contributed by atoms with E-state index in [-0.39, 0.29) is 35.1 Å². The molecule has 2 aliphatic rings. The van der Waals surface area contributed by atoms with Gasteiger partial charge in [-0.05, 0) is 72.6 Å². The van der Waals surface area contributed by atoms with Gasteiger partial charge in [0.15, 0.2) is 0 Å². The number of amides is 1. The molecule has 0 saturated heterocycles. The molecule has 0 aromatic rings. The number of methoxy groups -OCH3 is 1. The van der Waals surface area contributed by atoms with Gasteiger partial charge < -0.3 is 9.64 Å². The third-order valence-electron chi connectivity index (χ3n) is 3.13. The standard InChI is InChI=1S/C13H20NO2.C5H5.Fe/c1-9(2)14(10(3)4)13(15)11-7-6-8-12(11)16-5;1-2-4-5-3-1;/h6-10H,1-5H3;1-5H;/q;;+2. The van der Waals surface area contributed by atoms with Crippen molar-refractivity contribution in [1.29, 1.82) is 0 Å². The topological polar surface area (TPSA) is 29.5 Å². The van der Waals surface area contributed by atoms with Gasteiger partial charge in [0, 0.05) is 25.6 Å². The van der Waals surface area contributed by atoms with Gasteiger partial charge in [-0.25, -0.2) is 0 Å². The Morgan fingerprint density at radius 3 is 1.73 bits per heavy atom. The number of hydrogen-bond acceptors (Lipinski definition) is 2. The van der Waals surface area contributed by atoms with Crippen LogP contribution < -0.4 is 0 Å². The molecule has 2 aliphatic carbocycles. The van der Waals surface area contributed by atoms with Gasteiger partial charge in [-0.15, -0.1) is 0 Å². The Labute approximate surface area is 148 Å². The van der Waals surface area contributed by atoms with Crippen LogP contribution in [0, 0.1) is 63.4 Å². The third kappa shape index (κ3) is 6.60. The first-order valence-electron chi connectivity index (χ1n) is 7.28. The molecule has 0 aromatic heterocycles. The molecule has 0 aliphatic heterocycles. The molecule has 3 nitrogen and oxygen atoms in total. The molecule has 0 spiro atoms. The first-order valence-corrected chi connectivity index (χ1v) is 7.28. The molecular formula is C18H25FeNO2+2. The van der Waals surface area contributed by atoms with E-state index in [2.05, 4.69) is 0 Å². The van der Waals surface area contributed by atoms with E-state index in [1.165, 1.54) is 0 Å². The molecule has 0 bridgehead atoms. The second-order valence-corrected chi connectivity index (χ2v) is 5.37. The van der Waals surface area contributed by atoms with Crippen molar-refractivity contribution >= 4 is 5.91 Å². The van der Waals surface area contributed by atoms with Crippen LogP contribution in [0.1, 0.15) is 27.7 Å². The maximum atomic E-state index is 12.3. The minimum Gasteiger partial charge on any atom is -0.374 e. The number of nitrogens with zero attached hydrogens (tertiary/aromatic N) is 1. The van der Waals surface area contributed by atoms with Crippen molar-refractivity contribution in [1.82, 2.24) is 4.90 Å². The Hall–Kier alpha value is -0.0505. The Morgan fingerprint density at radius 1 is 0.909 bits per heavy atom. The molecule has 1 amide bonds. The summed E-state index contributed by atoms with van der Waals surface area (Å²) in [6.07, 6.45) is 16.1. The summed E-state index contributed by atoms with van der Waals surface area (Å²) in [6.45, 7) is 8.08. The molecule has 4 heteroatoms. The van der Waals surface area contributed by atoms with E-state index < -0.39 is 0 Å². The number of ether oxygens (including phenoxy) is 1. The van der Waals surface area contributed by atoms with E-state index in [0.29, 0.717) is 12.0 Å². The summed E-state index contributed by atoms with van der Waals surface area (Å²) < 4.78 is 5.17. The van der Waals surface area contributed by atoms with Crippen molar-refractivity contribution in [3.05, 3.63) is 63.4 Å². The zero-order valence-electron chi connectivity index (χ0n) is 13.9. The summed E-state index contributed by atoms with van der Waals surface area (Å²) in [5.41, 5.74) is 0. The van der Waals surface area contributed by atoms with Gasteiger partial charge in [-0.3, -0.25) is 4.79 Å². The summed E-state index contributed by atoms with van der Waals surface area (Å²) in [4.78, 5) is 14.2. The maximum Gasteiger partial charge on any atom is 2.00 e. The fraction of sp³-hybridized carbons (Fsp3) is 0.389. The van der Waals surface area contributed by atoms with Crippen LogP contribution in [0.3, 0.4) is 0 Å². The van der Waals surface area contributed by atoms with Gasteiger partial charge in [0.05, 0.1) is 0 Å². The van der Waals surface area contributed by atoms with Crippen molar-refractivity contribution < 1.29 is 26.6 Å². The number of carbonyl (C=O) groups excluding carboxylic acids is 1. The Bertz CT molecular complexity index is 288. The fourth-order valence-electron chi connectivity index (χ4n) is 2.28. The van der Waals surface area contributed by atoms with Crippen LogP contribution in [-0.4, -0.2) is 30.0 Å². The predicted octanol–water partition coefficient (Wildman–Crippen LogP) is 3.03. The van der Waals surface area contributed by atoms with Gasteiger partial charge in [0.25, 0.3) is 0 Å². The largest absolute Gasteiger partial charge is 2.00 e. The molecule has 2 saturated carbocycles. The average molecular weight is 343 g/mol. The first kappa shape index (κ1) is 21.9. The van der Waals surface area contributed by atoms with Gasteiger partial charge in [-0.1, -0.05) is 0 Å². The molecule has 2 fully saturated rings. The van der Waals surface area contributed by atoms with Crippen LogP contribution >= 0.6 is 0 Å². The second kappa shape index (κ2) is 11.5. The number of carbonyl (C=O) groups is 1. The van der Waals surface area contributed by atoms with E-state index in [4.69, 9.17) is 4.74 Å². The van der Waals surface area contributed by atoms with Gasteiger partial charge in [-0.2, -0.15) is 0 Å². The van der Waals surface area contributed by atoms with E-state index >= 15 is 0 Å². The normalized spacial score (nSPS) is 19.0. The van der Waals surface area contributed by atoms with Crippen LogP contribution in [-0.2, 0) is 26.6 Å². The van der Waals surface area contributed by atoms with Crippen molar-refractivity contribution in [2.75, 3.05) is 7.11 Å². The molecule has 0 heterocycles. The summed E-state index contributed by atoms with van der Waals surface area (Å²) in [5, 5.41) is 0. The van der Waals surface area contributed by atoms with E-state index in [9.17, 15) is 4.79 Å². The van der Waals surface area contributed by atoms with Gasteiger partial charge in [0.2, 0.25) is 5.91 Å². The Kier molecular flexibility index (Phi) is 11.5. The Balaban J connectivity index is 0.000000622. The zero-order chi connectivity index (χ0) is 15.8. The molecule has 10 radical (unpaired) electrons. The summed E-state index contributed by atoms with van der Waals surface area (Å²) >= 11 is 0. The molecule has 0 atom stereocenters. The van der Waals surface area contributed by atoms with Gasteiger partial charge in [0.1, 0.15) is 12.0 Å². The molecule has 2 rings (SSSR count). The molecular weight excluding hydrogens is 318 g/mol. The minimum atomic E-state index is 0. The third-order valence-corrected chi connectivity index (χ3v) is 3.13. The van der Waals surface area contributed by atoms with Crippen LogP contribution in [0.4, 0.5) is 0 Å². The molecule has 0 unspecified atom stereocenters. The van der Waals surface area contributed by atoms with Crippen LogP contribution in [0.2, 0.25) is 0 Å². The first-order chi connectivity index (χ1) is 9.99. The maximum absolute atomic E-state index is 12.3. The van der Waals surface area contributed by atoms with Gasteiger partial charge >= 0.3 is 17.1 Å². The summed E-state index contributed by atoms with van der Waals surface area (Å²) in [6, 6.07) is 0.374. The van der Waals surface area contributed by atoms with Crippen molar-refractivity contribution in [2.24, 2.45) is 0 Å². The van der Waals surface area contributed by atoms with E-state index in [0.717, 1.165) is 0 Å². The van der Waals surface area contributed by atoms with Crippen molar-refractivity contribution in [2.45, 2.75) is 39.8 Å². The molecule has 0 N–H and O–H groups in total.